The summed E-state index contributed by atoms with van der Waals surface area (Å²) in [5, 5.41) is 8.67. The molecular formula is C15H17FN4O2S. The molecule has 1 aromatic carbocycles. The van der Waals surface area contributed by atoms with Crippen molar-refractivity contribution >= 4 is 28.3 Å². The van der Waals surface area contributed by atoms with E-state index in [0.29, 0.717) is 30.2 Å². The van der Waals surface area contributed by atoms with Crippen molar-refractivity contribution in [2.24, 2.45) is 0 Å². The minimum absolute atomic E-state index is 0.0944. The summed E-state index contributed by atoms with van der Waals surface area (Å²) in [5.74, 6) is -0.418. The predicted octanol–water partition coefficient (Wildman–Crippen LogP) is 2.60. The maximum absolute atomic E-state index is 13.0. The molecule has 6 nitrogen and oxygen atoms in total. The SMILES string of the molecule is CC(=O)NCCCNC(=O)Nc1scnc1-c1ccc(F)cc1. The van der Waals surface area contributed by atoms with Crippen molar-refractivity contribution in [1.82, 2.24) is 15.6 Å². The monoisotopic (exact) mass is 336 g/mol. The van der Waals surface area contributed by atoms with Crippen LogP contribution in [-0.4, -0.2) is 30.0 Å². The third kappa shape index (κ3) is 5.33. The molecular weight excluding hydrogens is 319 g/mol. The molecule has 0 aliphatic rings. The largest absolute Gasteiger partial charge is 0.356 e. The summed E-state index contributed by atoms with van der Waals surface area (Å²) >= 11 is 1.29. The number of nitrogens with one attached hydrogen (secondary N) is 3. The van der Waals surface area contributed by atoms with E-state index < -0.39 is 0 Å². The third-order valence-corrected chi connectivity index (χ3v) is 3.67. The van der Waals surface area contributed by atoms with Crippen LogP contribution < -0.4 is 16.0 Å². The van der Waals surface area contributed by atoms with Crippen molar-refractivity contribution in [2.45, 2.75) is 13.3 Å². The van der Waals surface area contributed by atoms with Crippen molar-refractivity contribution in [3.05, 3.63) is 35.6 Å². The number of amides is 3. The normalized spacial score (nSPS) is 10.2. The fourth-order valence-electron chi connectivity index (χ4n) is 1.85. The van der Waals surface area contributed by atoms with Gasteiger partial charge in [-0.15, -0.1) is 11.3 Å². The predicted molar refractivity (Wildman–Crippen MR) is 87.8 cm³/mol. The Bertz CT molecular complexity index is 672. The summed E-state index contributed by atoms with van der Waals surface area (Å²) in [7, 11) is 0. The lowest BCUT2D eigenvalue weighted by atomic mass is 10.1. The van der Waals surface area contributed by atoms with E-state index in [9.17, 15) is 14.0 Å². The maximum atomic E-state index is 13.0. The van der Waals surface area contributed by atoms with E-state index in [0.717, 1.165) is 5.56 Å². The van der Waals surface area contributed by atoms with E-state index in [-0.39, 0.29) is 17.8 Å². The molecule has 1 heterocycles. The molecule has 0 bridgehead atoms. The highest BCUT2D eigenvalue weighted by molar-refractivity contribution is 7.14. The molecule has 0 atom stereocenters. The Kier molecular flexibility index (Phi) is 6.04. The van der Waals surface area contributed by atoms with E-state index in [4.69, 9.17) is 0 Å². The Morgan fingerprint density at radius 2 is 1.87 bits per heavy atom. The lowest BCUT2D eigenvalue weighted by Gasteiger charge is -2.08. The Morgan fingerprint density at radius 1 is 1.17 bits per heavy atom. The highest BCUT2D eigenvalue weighted by Crippen LogP contribution is 2.30. The van der Waals surface area contributed by atoms with E-state index in [1.165, 1.54) is 30.4 Å². The Morgan fingerprint density at radius 3 is 2.57 bits per heavy atom. The molecule has 0 fully saturated rings. The van der Waals surface area contributed by atoms with E-state index in [1.807, 2.05) is 0 Å². The van der Waals surface area contributed by atoms with Gasteiger partial charge in [0.2, 0.25) is 5.91 Å². The quantitative estimate of drug-likeness (QED) is 0.709. The number of carbonyl (C=O) groups excluding carboxylic acids is 2. The standard InChI is InChI=1S/C15H17FN4O2S/c1-10(21)17-7-2-8-18-15(22)20-14-13(19-9-23-14)11-3-5-12(16)6-4-11/h3-6,9H,2,7-8H2,1H3,(H,17,21)(H2,18,20,22). The second-order valence-corrected chi connectivity index (χ2v) is 5.61. The fourth-order valence-corrected chi connectivity index (χ4v) is 2.55. The molecule has 0 aliphatic carbocycles. The topological polar surface area (TPSA) is 83.1 Å². The van der Waals surface area contributed by atoms with Crippen LogP contribution in [0.15, 0.2) is 29.8 Å². The van der Waals surface area contributed by atoms with Crippen molar-refractivity contribution in [3.8, 4) is 11.3 Å². The lowest BCUT2D eigenvalue weighted by molar-refractivity contribution is -0.118. The van der Waals surface area contributed by atoms with Gasteiger partial charge in [-0.2, -0.15) is 0 Å². The van der Waals surface area contributed by atoms with Crippen LogP contribution in [0.4, 0.5) is 14.2 Å². The number of halogens is 1. The first-order valence-corrected chi connectivity index (χ1v) is 7.93. The van der Waals surface area contributed by atoms with Crippen LogP contribution in [0.5, 0.6) is 0 Å². The van der Waals surface area contributed by atoms with E-state index in [1.54, 1.807) is 17.6 Å². The Balaban J connectivity index is 1.86. The highest BCUT2D eigenvalue weighted by Gasteiger charge is 2.11. The number of rotatable bonds is 6. The van der Waals surface area contributed by atoms with Gasteiger partial charge in [-0.05, 0) is 30.7 Å². The molecule has 3 amide bonds. The number of thiazole rings is 1. The first kappa shape index (κ1) is 16.9. The molecule has 1 aromatic heterocycles. The van der Waals surface area contributed by atoms with Crippen LogP contribution in [-0.2, 0) is 4.79 Å². The molecule has 0 radical (unpaired) electrons. The number of benzene rings is 1. The van der Waals surface area contributed by atoms with Crippen molar-refractivity contribution < 1.29 is 14.0 Å². The molecule has 8 heteroatoms. The average molecular weight is 336 g/mol. The Labute approximate surface area is 137 Å². The summed E-state index contributed by atoms with van der Waals surface area (Å²) in [5.41, 5.74) is 2.95. The fraction of sp³-hybridized carbons (Fsp3) is 0.267. The molecule has 0 spiro atoms. The summed E-state index contributed by atoms with van der Waals surface area (Å²) in [6, 6.07) is 5.57. The molecule has 2 aromatic rings. The number of anilines is 1. The van der Waals surface area contributed by atoms with Crippen molar-refractivity contribution in [3.63, 3.8) is 0 Å². The summed E-state index contributed by atoms with van der Waals surface area (Å²) in [4.78, 5) is 26.8. The van der Waals surface area contributed by atoms with Crippen LogP contribution in [0.2, 0.25) is 0 Å². The zero-order valence-corrected chi connectivity index (χ0v) is 13.4. The molecule has 23 heavy (non-hydrogen) atoms. The molecule has 0 aliphatic heterocycles. The maximum Gasteiger partial charge on any atom is 0.319 e. The van der Waals surface area contributed by atoms with Crippen LogP contribution in [0.3, 0.4) is 0 Å². The van der Waals surface area contributed by atoms with Gasteiger partial charge in [-0.3, -0.25) is 10.1 Å². The van der Waals surface area contributed by atoms with Crippen LogP contribution >= 0.6 is 11.3 Å². The van der Waals surface area contributed by atoms with Gasteiger partial charge in [0.25, 0.3) is 0 Å². The molecule has 0 saturated carbocycles. The molecule has 3 N–H and O–H groups in total. The number of carbonyl (C=O) groups is 2. The van der Waals surface area contributed by atoms with Crippen LogP contribution in [0.25, 0.3) is 11.3 Å². The van der Waals surface area contributed by atoms with Gasteiger partial charge in [0.15, 0.2) is 0 Å². The minimum Gasteiger partial charge on any atom is -0.356 e. The van der Waals surface area contributed by atoms with Gasteiger partial charge in [0, 0.05) is 25.6 Å². The first-order valence-electron chi connectivity index (χ1n) is 7.05. The van der Waals surface area contributed by atoms with Crippen LogP contribution in [0, 0.1) is 5.82 Å². The number of nitrogens with zero attached hydrogens (tertiary/aromatic N) is 1. The lowest BCUT2D eigenvalue weighted by Crippen LogP contribution is -2.31. The summed E-state index contributed by atoms with van der Waals surface area (Å²) in [6.07, 6.45) is 0.639. The van der Waals surface area contributed by atoms with E-state index >= 15 is 0 Å². The van der Waals surface area contributed by atoms with Gasteiger partial charge in [0.05, 0.1) is 5.51 Å². The second kappa shape index (κ2) is 8.23. The van der Waals surface area contributed by atoms with Gasteiger partial charge in [0.1, 0.15) is 16.5 Å². The zero-order valence-electron chi connectivity index (χ0n) is 12.6. The molecule has 0 unspecified atom stereocenters. The van der Waals surface area contributed by atoms with Gasteiger partial charge >= 0.3 is 6.03 Å². The zero-order chi connectivity index (χ0) is 16.7. The third-order valence-electron chi connectivity index (χ3n) is 2.93. The van der Waals surface area contributed by atoms with Gasteiger partial charge < -0.3 is 10.6 Å². The smallest absolute Gasteiger partial charge is 0.319 e. The minimum atomic E-state index is -0.347. The first-order chi connectivity index (χ1) is 11.1. The van der Waals surface area contributed by atoms with Gasteiger partial charge in [-0.1, -0.05) is 0 Å². The average Bonchev–Trinajstić information content (AvgIpc) is 2.95. The van der Waals surface area contributed by atoms with Crippen molar-refractivity contribution in [1.29, 1.82) is 0 Å². The van der Waals surface area contributed by atoms with Crippen molar-refractivity contribution in [2.75, 3.05) is 18.4 Å². The molecule has 2 rings (SSSR count). The molecule has 0 saturated heterocycles. The highest BCUT2D eigenvalue weighted by atomic mass is 32.1. The van der Waals surface area contributed by atoms with E-state index in [2.05, 4.69) is 20.9 Å². The second-order valence-electron chi connectivity index (χ2n) is 4.75. The number of urea groups is 1. The number of hydrogen-bond donors (Lipinski definition) is 3. The summed E-state index contributed by atoms with van der Waals surface area (Å²) < 4.78 is 13.0. The summed E-state index contributed by atoms with van der Waals surface area (Å²) in [6.45, 7) is 2.40. The number of hydrogen-bond acceptors (Lipinski definition) is 4. The Hall–Kier alpha value is -2.48. The van der Waals surface area contributed by atoms with Crippen LogP contribution in [0.1, 0.15) is 13.3 Å². The van der Waals surface area contributed by atoms with Gasteiger partial charge in [-0.25, -0.2) is 14.2 Å². The number of aromatic nitrogens is 1. The molecule has 122 valence electrons.